The van der Waals surface area contributed by atoms with Crippen LogP contribution in [-0.4, -0.2) is 31.2 Å². The third kappa shape index (κ3) is 6.33. The zero-order valence-corrected chi connectivity index (χ0v) is 15.6. The lowest BCUT2D eigenvalue weighted by Crippen LogP contribution is -2.30. The van der Waals surface area contributed by atoms with E-state index in [0.29, 0.717) is 29.9 Å². The fourth-order valence-electron chi connectivity index (χ4n) is 2.88. The fraction of sp³-hybridized carbons (Fsp3) is 0.333. The first kappa shape index (κ1) is 20.3. The van der Waals surface area contributed by atoms with E-state index in [1.165, 1.54) is 19.8 Å². The Labute approximate surface area is 159 Å². The van der Waals surface area contributed by atoms with Gasteiger partial charge in [0, 0.05) is 18.1 Å². The van der Waals surface area contributed by atoms with E-state index in [1.807, 2.05) is 30.3 Å². The van der Waals surface area contributed by atoms with Gasteiger partial charge in [0.05, 0.1) is 26.7 Å². The van der Waals surface area contributed by atoms with Gasteiger partial charge >= 0.3 is 5.97 Å². The van der Waals surface area contributed by atoms with E-state index in [-0.39, 0.29) is 12.3 Å². The van der Waals surface area contributed by atoms with Gasteiger partial charge in [0.2, 0.25) is 5.91 Å². The zero-order chi connectivity index (χ0) is 19.6. The van der Waals surface area contributed by atoms with Crippen LogP contribution in [0.25, 0.3) is 0 Å². The molecule has 0 aliphatic rings. The number of carbonyl (C=O) groups is 2. The Balaban J connectivity index is 2.03. The number of methoxy groups -OCH3 is 2. The fourth-order valence-corrected chi connectivity index (χ4v) is 2.88. The predicted octanol–water partition coefficient (Wildman–Crippen LogP) is 3.36. The predicted molar refractivity (Wildman–Crippen MR) is 102 cm³/mol. The molecule has 6 heteroatoms. The zero-order valence-electron chi connectivity index (χ0n) is 15.6. The van der Waals surface area contributed by atoms with E-state index in [2.05, 4.69) is 5.32 Å². The SMILES string of the molecule is COc1ccc(C(CC(=O)O)NC(=O)CCCc2ccccc2)c(OC)c1. The molecule has 0 saturated heterocycles. The molecule has 2 N–H and O–H groups in total. The van der Waals surface area contributed by atoms with Crippen molar-refractivity contribution in [1.29, 1.82) is 0 Å². The lowest BCUT2D eigenvalue weighted by atomic mass is 10.0. The monoisotopic (exact) mass is 371 g/mol. The van der Waals surface area contributed by atoms with E-state index in [4.69, 9.17) is 9.47 Å². The number of amides is 1. The molecule has 0 bridgehead atoms. The summed E-state index contributed by atoms with van der Waals surface area (Å²) in [7, 11) is 3.04. The molecule has 2 aromatic rings. The summed E-state index contributed by atoms with van der Waals surface area (Å²) in [5.74, 6) is -0.110. The topological polar surface area (TPSA) is 84.9 Å². The Kier molecular flexibility index (Phi) is 7.67. The maximum Gasteiger partial charge on any atom is 0.305 e. The Hall–Kier alpha value is -3.02. The van der Waals surface area contributed by atoms with Gasteiger partial charge in [0.15, 0.2) is 0 Å². The summed E-state index contributed by atoms with van der Waals surface area (Å²) in [6.45, 7) is 0. The standard InChI is InChI=1S/C21H25NO5/c1-26-16-11-12-17(19(13-16)27-2)18(14-21(24)25)22-20(23)10-6-9-15-7-4-3-5-8-15/h3-5,7-8,11-13,18H,6,9-10,14H2,1-2H3,(H,22,23)(H,24,25). The van der Waals surface area contributed by atoms with Crippen LogP contribution in [0.1, 0.15) is 36.4 Å². The lowest BCUT2D eigenvalue weighted by Gasteiger charge is -2.20. The van der Waals surface area contributed by atoms with E-state index in [9.17, 15) is 14.7 Å². The van der Waals surface area contributed by atoms with Crippen LogP contribution >= 0.6 is 0 Å². The third-order valence-corrected chi connectivity index (χ3v) is 4.24. The van der Waals surface area contributed by atoms with Gasteiger partial charge in [-0.15, -0.1) is 0 Å². The average Bonchev–Trinajstić information content (AvgIpc) is 2.67. The number of hydrogen-bond acceptors (Lipinski definition) is 4. The number of aliphatic carboxylic acids is 1. The first-order valence-electron chi connectivity index (χ1n) is 8.80. The van der Waals surface area contributed by atoms with Crippen LogP contribution in [0.15, 0.2) is 48.5 Å². The van der Waals surface area contributed by atoms with Crippen molar-refractivity contribution in [2.45, 2.75) is 31.7 Å². The van der Waals surface area contributed by atoms with Crippen molar-refractivity contribution < 1.29 is 24.2 Å². The molecule has 0 aliphatic heterocycles. The van der Waals surface area contributed by atoms with Gasteiger partial charge in [0.25, 0.3) is 0 Å². The normalized spacial score (nSPS) is 11.5. The van der Waals surface area contributed by atoms with Gasteiger partial charge in [-0.05, 0) is 30.5 Å². The molecule has 144 valence electrons. The van der Waals surface area contributed by atoms with Gasteiger partial charge < -0.3 is 19.9 Å². The van der Waals surface area contributed by atoms with Crippen molar-refractivity contribution in [2.24, 2.45) is 0 Å². The smallest absolute Gasteiger partial charge is 0.305 e. The number of aryl methyl sites for hydroxylation is 1. The minimum Gasteiger partial charge on any atom is -0.497 e. The van der Waals surface area contributed by atoms with Crippen molar-refractivity contribution in [2.75, 3.05) is 14.2 Å². The molecule has 0 aromatic heterocycles. The number of hydrogen-bond donors (Lipinski definition) is 2. The molecule has 1 atom stereocenters. The van der Waals surface area contributed by atoms with Crippen LogP contribution in [0.4, 0.5) is 0 Å². The minimum absolute atomic E-state index is 0.185. The van der Waals surface area contributed by atoms with Crippen LogP contribution in [0.3, 0.4) is 0 Å². The van der Waals surface area contributed by atoms with Gasteiger partial charge in [-0.3, -0.25) is 9.59 Å². The van der Waals surface area contributed by atoms with Crippen LogP contribution in [0, 0.1) is 0 Å². The molecule has 6 nitrogen and oxygen atoms in total. The van der Waals surface area contributed by atoms with Crippen molar-refractivity contribution in [3.8, 4) is 11.5 Å². The Bertz CT molecular complexity index is 760. The minimum atomic E-state index is -0.998. The van der Waals surface area contributed by atoms with Crippen molar-refractivity contribution in [3.63, 3.8) is 0 Å². The summed E-state index contributed by atoms with van der Waals surface area (Å²) >= 11 is 0. The number of carbonyl (C=O) groups excluding carboxylic acids is 1. The van der Waals surface area contributed by atoms with Crippen molar-refractivity contribution in [1.82, 2.24) is 5.32 Å². The number of ether oxygens (including phenoxy) is 2. The van der Waals surface area contributed by atoms with Crippen molar-refractivity contribution >= 4 is 11.9 Å². The molecular weight excluding hydrogens is 346 g/mol. The molecule has 0 heterocycles. The average molecular weight is 371 g/mol. The number of rotatable bonds is 10. The summed E-state index contributed by atoms with van der Waals surface area (Å²) < 4.78 is 10.5. The largest absolute Gasteiger partial charge is 0.497 e. The molecule has 2 rings (SSSR count). The summed E-state index contributed by atoms with van der Waals surface area (Å²) in [6, 6.07) is 14.4. The number of carboxylic acid groups (broad SMARTS) is 1. The van der Waals surface area contributed by atoms with E-state index in [1.54, 1.807) is 18.2 Å². The molecule has 2 aromatic carbocycles. The maximum atomic E-state index is 12.4. The second kappa shape index (κ2) is 10.2. The van der Waals surface area contributed by atoms with E-state index in [0.717, 1.165) is 6.42 Å². The third-order valence-electron chi connectivity index (χ3n) is 4.24. The summed E-state index contributed by atoms with van der Waals surface area (Å²) in [5.41, 5.74) is 1.78. The molecule has 0 saturated carbocycles. The van der Waals surface area contributed by atoms with Gasteiger partial charge in [0.1, 0.15) is 11.5 Å². The molecule has 1 unspecified atom stereocenters. The Morgan fingerprint density at radius 3 is 2.44 bits per heavy atom. The quantitative estimate of drug-likeness (QED) is 0.669. The molecule has 0 spiro atoms. The second-order valence-corrected chi connectivity index (χ2v) is 6.16. The van der Waals surface area contributed by atoms with Gasteiger partial charge in [-0.25, -0.2) is 0 Å². The number of nitrogens with one attached hydrogen (secondary N) is 1. The molecule has 0 aliphatic carbocycles. The summed E-state index contributed by atoms with van der Waals surface area (Å²) in [6.07, 6.45) is 1.58. The number of benzene rings is 2. The highest BCUT2D eigenvalue weighted by molar-refractivity contribution is 5.78. The molecule has 0 fully saturated rings. The van der Waals surface area contributed by atoms with Crippen LogP contribution in [0.5, 0.6) is 11.5 Å². The molecule has 27 heavy (non-hydrogen) atoms. The van der Waals surface area contributed by atoms with E-state index < -0.39 is 12.0 Å². The number of carboxylic acids is 1. The Morgan fingerprint density at radius 2 is 1.81 bits per heavy atom. The highest BCUT2D eigenvalue weighted by Gasteiger charge is 2.22. The molecule has 0 radical (unpaired) electrons. The second-order valence-electron chi connectivity index (χ2n) is 6.16. The first-order valence-corrected chi connectivity index (χ1v) is 8.80. The maximum absolute atomic E-state index is 12.4. The first-order chi connectivity index (χ1) is 13.0. The van der Waals surface area contributed by atoms with Gasteiger partial charge in [-0.2, -0.15) is 0 Å². The molecular formula is C21H25NO5. The Morgan fingerprint density at radius 1 is 1.07 bits per heavy atom. The summed E-state index contributed by atoms with van der Waals surface area (Å²) in [5, 5.41) is 12.1. The van der Waals surface area contributed by atoms with Crippen LogP contribution < -0.4 is 14.8 Å². The van der Waals surface area contributed by atoms with Crippen LogP contribution in [0.2, 0.25) is 0 Å². The van der Waals surface area contributed by atoms with E-state index >= 15 is 0 Å². The van der Waals surface area contributed by atoms with Crippen molar-refractivity contribution in [3.05, 3.63) is 59.7 Å². The highest BCUT2D eigenvalue weighted by Crippen LogP contribution is 2.31. The summed E-state index contributed by atoms with van der Waals surface area (Å²) in [4.78, 5) is 23.6. The van der Waals surface area contributed by atoms with Gasteiger partial charge in [-0.1, -0.05) is 30.3 Å². The highest BCUT2D eigenvalue weighted by atomic mass is 16.5. The van der Waals surface area contributed by atoms with Crippen LogP contribution in [-0.2, 0) is 16.0 Å². The lowest BCUT2D eigenvalue weighted by molar-refractivity contribution is -0.137. The molecule has 1 amide bonds.